The summed E-state index contributed by atoms with van der Waals surface area (Å²) in [7, 11) is 0. The number of hydrogen-bond acceptors (Lipinski definition) is 4. The summed E-state index contributed by atoms with van der Waals surface area (Å²) in [6.45, 7) is 1.67. The normalized spacial score (nSPS) is 17.2. The zero-order valence-electron chi connectivity index (χ0n) is 8.70. The van der Waals surface area contributed by atoms with Crippen molar-refractivity contribution in [3.05, 3.63) is 32.2 Å². The molecule has 0 aromatic heterocycles. The number of oxime groups is 1. The summed E-state index contributed by atoms with van der Waals surface area (Å²) in [4.78, 5) is 15.9. The SMILES string of the molecule is CC1=NOC(=O)/C1=C\c1cc(Br)cc(Br)c1O. The van der Waals surface area contributed by atoms with Crippen LogP contribution in [0, 0.1) is 0 Å². The number of benzene rings is 1. The maximum absolute atomic E-state index is 11.4. The second-order valence-corrected chi connectivity index (χ2v) is 5.21. The van der Waals surface area contributed by atoms with Crippen LogP contribution in [0.4, 0.5) is 0 Å². The van der Waals surface area contributed by atoms with Gasteiger partial charge in [-0.15, -0.1) is 0 Å². The molecule has 1 aliphatic rings. The lowest BCUT2D eigenvalue weighted by Crippen LogP contribution is -2.01. The Hall–Kier alpha value is -1.14. The first-order valence-corrected chi connectivity index (χ1v) is 6.23. The molecular formula is C11H7Br2NO3. The van der Waals surface area contributed by atoms with Crippen LogP contribution in [0.5, 0.6) is 5.75 Å². The van der Waals surface area contributed by atoms with E-state index in [1.807, 2.05) is 0 Å². The predicted octanol–water partition coefficient (Wildman–Crippen LogP) is 3.23. The van der Waals surface area contributed by atoms with Crippen molar-refractivity contribution in [2.45, 2.75) is 6.92 Å². The molecule has 0 atom stereocenters. The Labute approximate surface area is 114 Å². The third-order valence-corrected chi connectivity index (χ3v) is 3.30. The topological polar surface area (TPSA) is 58.9 Å². The van der Waals surface area contributed by atoms with Gasteiger partial charge in [0, 0.05) is 10.0 Å². The first kappa shape index (κ1) is 12.3. The second kappa shape index (κ2) is 4.62. The Morgan fingerprint density at radius 3 is 2.71 bits per heavy atom. The summed E-state index contributed by atoms with van der Waals surface area (Å²) < 4.78 is 1.33. The minimum absolute atomic E-state index is 0.0631. The highest BCUT2D eigenvalue weighted by atomic mass is 79.9. The number of carbonyl (C=O) groups is 1. The van der Waals surface area contributed by atoms with E-state index in [1.54, 1.807) is 25.1 Å². The fourth-order valence-corrected chi connectivity index (χ4v) is 2.63. The Morgan fingerprint density at radius 2 is 2.12 bits per heavy atom. The van der Waals surface area contributed by atoms with Crippen LogP contribution in [0.2, 0.25) is 0 Å². The van der Waals surface area contributed by atoms with Gasteiger partial charge in [-0.3, -0.25) is 0 Å². The molecule has 0 saturated heterocycles. The van der Waals surface area contributed by atoms with Crippen LogP contribution in [-0.4, -0.2) is 16.8 Å². The standard InChI is InChI=1S/C11H7Br2NO3/c1-5-8(11(16)17-14-5)3-6-2-7(12)4-9(13)10(6)15/h2-4,15H,1H3/b8-3-. The number of aromatic hydroxyl groups is 1. The molecule has 0 unspecified atom stereocenters. The summed E-state index contributed by atoms with van der Waals surface area (Å²) >= 11 is 6.53. The zero-order valence-corrected chi connectivity index (χ0v) is 11.9. The number of halogens is 2. The van der Waals surface area contributed by atoms with Crippen LogP contribution >= 0.6 is 31.9 Å². The third kappa shape index (κ3) is 2.42. The van der Waals surface area contributed by atoms with Gasteiger partial charge in [-0.25, -0.2) is 4.79 Å². The molecule has 6 heteroatoms. The van der Waals surface area contributed by atoms with Gasteiger partial charge in [0.2, 0.25) is 0 Å². The molecule has 1 N–H and O–H groups in total. The van der Waals surface area contributed by atoms with Crippen LogP contribution < -0.4 is 0 Å². The van der Waals surface area contributed by atoms with Gasteiger partial charge in [-0.05, 0) is 41.1 Å². The summed E-state index contributed by atoms with van der Waals surface area (Å²) in [5, 5.41) is 13.4. The van der Waals surface area contributed by atoms with Crippen molar-refractivity contribution >= 4 is 49.6 Å². The highest BCUT2D eigenvalue weighted by molar-refractivity contribution is 9.11. The smallest absolute Gasteiger partial charge is 0.367 e. The van der Waals surface area contributed by atoms with Crippen LogP contribution in [0.1, 0.15) is 12.5 Å². The van der Waals surface area contributed by atoms with E-state index in [2.05, 4.69) is 41.9 Å². The molecule has 0 saturated carbocycles. The molecule has 0 bridgehead atoms. The lowest BCUT2D eigenvalue weighted by molar-refractivity contribution is -0.136. The van der Waals surface area contributed by atoms with Crippen LogP contribution in [0.3, 0.4) is 0 Å². The quantitative estimate of drug-likeness (QED) is 0.617. The summed E-state index contributed by atoms with van der Waals surface area (Å²) in [5.74, 6) is -0.453. The van der Waals surface area contributed by atoms with Gasteiger partial charge in [0.1, 0.15) is 5.75 Å². The van der Waals surface area contributed by atoms with E-state index < -0.39 is 5.97 Å². The van der Waals surface area contributed by atoms with E-state index >= 15 is 0 Å². The molecule has 1 aliphatic heterocycles. The average molecular weight is 361 g/mol. The largest absolute Gasteiger partial charge is 0.506 e. The average Bonchev–Trinajstić information content (AvgIpc) is 2.56. The number of phenols is 1. The van der Waals surface area contributed by atoms with Crippen molar-refractivity contribution in [2.24, 2.45) is 5.16 Å². The van der Waals surface area contributed by atoms with Gasteiger partial charge in [0.05, 0.1) is 15.8 Å². The van der Waals surface area contributed by atoms with Crippen molar-refractivity contribution in [2.75, 3.05) is 0 Å². The van der Waals surface area contributed by atoms with E-state index in [4.69, 9.17) is 0 Å². The maximum Gasteiger partial charge on any atom is 0.367 e. The molecule has 0 radical (unpaired) electrons. The molecule has 0 amide bonds. The molecule has 17 heavy (non-hydrogen) atoms. The maximum atomic E-state index is 11.4. The predicted molar refractivity (Wildman–Crippen MR) is 70.7 cm³/mol. The molecule has 1 heterocycles. The Morgan fingerprint density at radius 1 is 1.41 bits per heavy atom. The van der Waals surface area contributed by atoms with Gasteiger partial charge in [0.25, 0.3) is 0 Å². The van der Waals surface area contributed by atoms with Gasteiger partial charge in [0.15, 0.2) is 0 Å². The fraction of sp³-hybridized carbons (Fsp3) is 0.0909. The van der Waals surface area contributed by atoms with Crippen LogP contribution in [0.25, 0.3) is 6.08 Å². The molecular weight excluding hydrogens is 354 g/mol. The number of hydrogen-bond donors (Lipinski definition) is 1. The highest BCUT2D eigenvalue weighted by Crippen LogP contribution is 2.33. The summed E-state index contributed by atoms with van der Waals surface area (Å²) in [6, 6.07) is 3.41. The summed E-state index contributed by atoms with van der Waals surface area (Å²) in [6.07, 6.45) is 1.54. The molecule has 0 spiro atoms. The van der Waals surface area contributed by atoms with Crippen molar-refractivity contribution in [3.8, 4) is 5.75 Å². The van der Waals surface area contributed by atoms with Gasteiger partial charge < -0.3 is 9.94 Å². The van der Waals surface area contributed by atoms with Gasteiger partial charge in [-0.1, -0.05) is 21.1 Å². The molecule has 0 fully saturated rings. The van der Waals surface area contributed by atoms with E-state index in [9.17, 15) is 9.90 Å². The molecule has 1 aromatic carbocycles. The molecule has 1 aromatic rings. The Balaban J connectivity index is 2.53. The monoisotopic (exact) mass is 359 g/mol. The van der Waals surface area contributed by atoms with E-state index in [1.165, 1.54) is 0 Å². The Kier molecular flexibility index (Phi) is 3.35. The van der Waals surface area contributed by atoms with Crippen LogP contribution in [-0.2, 0) is 9.63 Å². The zero-order chi connectivity index (χ0) is 12.6. The lowest BCUT2D eigenvalue weighted by atomic mass is 10.1. The first-order chi connectivity index (χ1) is 7.99. The van der Waals surface area contributed by atoms with Crippen molar-refractivity contribution in [1.82, 2.24) is 0 Å². The number of carbonyl (C=O) groups excluding carboxylic acids is 1. The van der Waals surface area contributed by atoms with Crippen LogP contribution in [0.15, 0.2) is 31.8 Å². The third-order valence-electron chi connectivity index (χ3n) is 2.23. The summed E-state index contributed by atoms with van der Waals surface area (Å²) in [5.41, 5.74) is 1.34. The first-order valence-electron chi connectivity index (χ1n) is 4.65. The minimum Gasteiger partial charge on any atom is -0.506 e. The van der Waals surface area contributed by atoms with Gasteiger partial charge >= 0.3 is 5.97 Å². The molecule has 0 aliphatic carbocycles. The van der Waals surface area contributed by atoms with Crippen molar-refractivity contribution in [1.29, 1.82) is 0 Å². The number of rotatable bonds is 1. The number of phenolic OH excluding ortho intramolecular Hbond substituents is 1. The van der Waals surface area contributed by atoms with Crippen molar-refractivity contribution < 1.29 is 14.7 Å². The number of nitrogens with zero attached hydrogens (tertiary/aromatic N) is 1. The van der Waals surface area contributed by atoms with E-state index in [0.29, 0.717) is 21.3 Å². The van der Waals surface area contributed by atoms with Crippen molar-refractivity contribution in [3.63, 3.8) is 0 Å². The lowest BCUT2D eigenvalue weighted by Gasteiger charge is -2.04. The highest BCUT2D eigenvalue weighted by Gasteiger charge is 2.22. The van der Waals surface area contributed by atoms with E-state index in [0.717, 1.165) is 4.47 Å². The molecule has 4 nitrogen and oxygen atoms in total. The second-order valence-electron chi connectivity index (χ2n) is 3.44. The Bertz CT molecular complexity index is 564. The minimum atomic E-state index is -0.516. The molecule has 2 rings (SSSR count). The van der Waals surface area contributed by atoms with Gasteiger partial charge in [-0.2, -0.15) is 0 Å². The molecule has 88 valence electrons. The fourth-order valence-electron chi connectivity index (χ4n) is 1.37. The van der Waals surface area contributed by atoms with E-state index in [-0.39, 0.29) is 5.75 Å².